The van der Waals surface area contributed by atoms with Crippen LogP contribution < -0.4 is 5.73 Å². The first-order valence-electron chi connectivity index (χ1n) is 5.77. The van der Waals surface area contributed by atoms with Crippen molar-refractivity contribution in [2.24, 2.45) is 5.73 Å². The molecule has 0 amide bonds. The van der Waals surface area contributed by atoms with Gasteiger partial charge >= 0.3 is 0 Å². The molecule has 0 bridgehead atoms. The van der Waals surface area contributed by atoms with Gasteiger partial charge in [-0.2, -0.15) is 4.31 Å². The second-order valence-electron chi connectivity index (χ2n) is 4.93. The molecule has 1 heterocycles. The maximum atomic E-state index is 12.0. The molecule has 0 aliphatic carbocycles. The number of nitrogens with zero attached hydrogens (tertiary/aromatic N) is 1. The quantitative estimate of drug-likeness (QED) is 0.675. The summed E-state index contributed by atoms with van der Waals surface area (Å²) in [7, 11) is -3.30. The first kappa shape index (κ1) is 14.8. The smallest absolute Gasteiger partial charge is 0.214 e. The molecule has 0 saturated carbocycles. The molecule has 0 spiro atoms. The molecule has 1 unspecified atom stereocenters. The van der Waals surface area contributed by atoms with Crippen LogP contribution in [0.5, 0.6) is 0 Å². The molecule has 1 fully saturated rings. The Hall–Kier alpha value is -0.210. The maximum Gasteiger partial charge on any atom is 0.214 e. The lowest BCUT2D eigenvalue weighted by molar-refractivity contribution is -0.131. The van der Waals surface area contributed by atoms with Crippen LogP contribution in [-0.4, -0.2) is 61.5 Å². The van der Waals surface area contributed by atoms with Crippen LogP contribution in [0.15, 0.2) is 0 Å². The van der Waals surface area contributed by atoms with Crippen LogP contribution in [0.25, 0.3) is 0 Å². The number of hydrogen-bond acceptors (Lipinski definition) is 5. The third-order valence-electron chi connectivity index (χ3n) is 2.65. The van der Waals surface area contributed by atoms with E-state index in [1.165, 1.54) is 4.31 Å². The third kappa shape index (κ3) is 4.18. The number of aliphatic hydroxyl groups excluding tert-OH is 1. The minimum absolute atomic E-state index is 0.0533. The lowest BCUT2D eigenvalue weighted by atomic mass is 10.1. The highest BCUT2D eigenvalue weighted by Gasteiger charge is 2.38. The molecule has 1 saturated heterocycles. The molecule has 1 aliphatic heterocycles. The second kappa shape index (κ2) is 5.62. The van der Waals surface area contributed by atoms with Gasteiger partial charge in [0.25, 0.3) is 0 Å². The molecular formula is C10H22N2O4S. The molecule has 0 aromatic heterocycles. The van der Waals surface area contributed by atoms with Gasteiger partial charge in [-0.15, -0.1) is 0 Å². The zero-order valence-corrected chi connectivity index (χ0v) is 11.2. The number of hydrogen-bond donors (Lipinski definition) is 2. The van der Waals surface area contributed by atoms with Crippen LogP contribution in [0.1, 0.15) is 20.3 Å². The third-order valence-corrected chi connectivity index (χ3v) is 4.52. The molecule has 7 heteroatoms. The van der Waals surface area contributed by atoms with E-state index in [0.29, 0.717) is 19.5 Å². The highest BCUT2D eigenvalue weighted by atomic mass is 32.2. The fraction of sp³-hybridized carbons (Fsp3) is 1.00. The second-order valence-corrected chi connectivity index (χ2v) is 7.02. The molecule has 17 heavy (non-hydrogen) atoms. The van der Waals surface area contributed by atoms with E-state index in [4.69, 9.17) is 15.6 Å². The van der Waals surface area contributed by atoms with Crippen molar-refractivity contribution in [3.8, 4) is 0 Å². The molecule has 3 N–H and O–H groups in total. The van der Waals surface area contributed by atoms with Gasteiger partial charge in [0.1, 0.15) is 0 Å². The van der Waals surface area contributed by atoms with Gasteiger partial charge in [0, 0.05) is 13.1 Å². The van der Waals surface area contributed by atoms with Crippen molar-refractivity contribution in [2.45, 2.75) is 32.0 Å². The van der Waals surface area contributed by atoms with Gasteiger partial charge in [-0.1, -0.05) is 0 Å². The van der Waals surface area contributed by atoms with Crippen molar-refractivity contribution < 1.29 is 18.3 Å². The fourth-order valence-corrected chi connectivity index (χ4v) is 3.63. The lowest BCUT2D eigenvalue weighted by Crippen LogP contribution is -2.55. The lowest BCUT2D eigenvalue weighted by Gasteiger charge is -2.41. The van der Waals surface area contributed by atoms with E-state index in [2.05, 4.69) is 0 Å². The van der Waals surface area contributed by atoms with E-state index >= 15 is 0 Å². The first-order valence-corrected chi connectivity index (χ1v) is 7.38. The Kier molecular flexibility index (Phi) is 4.91. The van der Waals surface area contributed by atoms with Crippen LogP contribution in [0, 0.1) is 0 Å². The summed E-state index contributed by atoms with van der Waals surface area (Å²) in [6.07, 6.45) is -0.00408. The van der Waals surface area contributed by atoms with Gasteiger partial charge < -0.3 is 15.6 Å². The Labute approximate surface area is 103 Å². The number of nitrogens with two attached hydrogens (primary N) is 1. The number of aliphatic hydroxyl groups is 1. The van der Waals surface area contributed by atoms with Crippen molar-refractivity contribution in [1.29, 1.82) is 0 Å². The predicted molar refractivity (Wildman–Crippen MR) is 65.1 cm³/mol. The molecular weight excluding hydrogens is 244 g/mol. The van der Waals surface area contributed by atoms with E-state index in [9.17, 15) is 8.42 Å². The first-order chi connectivity index (χ1) is 7.80. The predicted octanol–water partition coefficient (Wildman–Crippen LogP) is -0.863. The Balaban J connectivity index is 2.76. The number of ether oxygens (including phenoxy) is 1. The Morgan fingerprint density at radius 1 is 1.53 bits per heavy atom. The van der Waals surface area contributed by atoms with Gasteiger partial charge in [0.15, 0.2) is 0 Å². The van der Waals surface area contributed by atoms with Gasteiger partial charge in [-0.3, -0.25) is 0 Å². The van der Waals surface area contributed by atoms with Crippen molar-refractivity contribution in [1.82, 2.24) is 4.31 Å². The molecule has 102 valence electrons. The Morgan fingerprint density at radius 2 is 2.18 bits per heavy atom. The monoisotopic (exact) mass is 266 g/mol. The maximum absolute atomic E-state index is 12.0. The SMILES string of the molecule is CC1(C)CN(S(=O)(=O)CCCN)CC(CO)O1. The van der Waals surface area contributed by atoms with Crippen LogP contribution in [-0.2, 0) is 14.8 Å². The van der Waals surface area contributed by atoms with Crippen LogP contribution in [0.3, 0.4) is 0 Å². The highest BCUT2D eigenvalue weighted by molar-refractivity contribution is 7.89. The topological polar surface area (TPSA) is 92.9 Å². The van der Waals surface area contributed by atoms with Crippen LogP contribution >= 0.6 is 0 Å². The van der Waals surface area contributed by atoms with E-state index in [1.807, 2.05) is 13.8 Å². The van der Waals surface area contributed by atoms with Gasteiger partial charge in [0.2, 0.25) is 10.0 Å². The fourth-order valence-electron chi connectivity index (χ4n) is 1.94. The Bertz CT molecular complexity index is 342. The van der Waals surface area contributed by atoms with Crippen LogP contribution in [0.2, 0.25) is 0 Å². The average molecular weight is 266 g/mol. The van der Waals surface area contributed by atoms with Crippen molar-refractivity contribution in [3.05, 3.63) is 0 Å². The summed E-state index contributed by atoms with van der Waals surface area (Å²) in [5.41, 5.74) is 4.76. The normalized spacial score (nSPS) is 26.0. The standard InChI is InChI=1S/C10H22N2O4S/c1-10(2)8-12(6-9(7-13)16-10)17(14,15)5-3-4-11/h9,13H,3-8,11H2,1-2H3. The van der Waals surface area contributed by atoms with E-state index in [-0.39, 0.29) is 18.9 Å². The molecule has 1 aliphatic rings. The molecule has 0 radical (unpaired) electrons. The summed E-state index contributed by atoms with van der Waals surface area (Å²) in [6.45, 7) is 4.35. The minimum atomic E-state index is -3.30. The molecule has 0 aromatic rings. The zero-order valence-electron chi connectivity index (χ0n) is 10.4. The van der Waals surface area contributed by atoms with E-state index in [0.717, 1.165) is 0 Å². The largest absolute Gasteiger partial charge is 0.394 e. The van der Waals surface area contributed by atoms with Gasteiger partial charge in [-0.25, -0.2) is 8.42 Å². The summed E-state index contributed by atoms with van der Waals surface area (Å²) >= 11 is 0. The minimum Gasteiger partial charge on any atom is -0.394 e. The molecule has 0 aromatic carbocycles. The van der Waals surface area contributed by atoms with Crippen molar-refractivity contribution in [2.75, 3.05) is 32.0 Å². The van der Waals surface area contributed by atoms with Gasteiger partial charge in [0.05, 0.1) is 24.1 Å². The molecule has 1 atom stereocenters. The van der Waals surface area contributed by atoms with Crippen molar-refractivity contribution in [3.63, 3.8) is 0 Å². The number of rotatable bonds is 5. The molecule has 6 nitrogen and oxygen atoms in total. The average Bonchev–Trinajstić information content (AvgIpc) is 2.24. The van der Waals surface area contributed by atoms with Crippen molar-refractivity contribution >= 4 is 10.0 Å². The van der Waals surface area contributed by atoms with Gasteiger partial charge in [-0.05, 0) is 26.8 Å². The summed E-state index contributed by atoms with van der Waals surface area (Å²) < 4.78 is 31.0. The highest BCUT2D eigenvalue weighted by Crippen LogP contribution is 2.23. The number of sulfonamides is 1. The van der Waals surface area contributed by atoms with E-state index < -0.39 is 21.7 Å². The number of morpholine rings is 1. The van der Waals surface area contributed by atoms with Crippen LogP contribution in [0.4, 0.5) is 0 Å². The summed E-state index contributed by atoms with van der Waals surface area (Å²) in [5.74, 6) is 0.0533. The summed E-state index contributed by atoms with van der Waals surface area (Å²) in [6, 6.07) is 0. The summed E-state index contributed by atoms with van der Waals surface area (Å²) in [4.78, 5) is 0. The van der Waals surface area contributed by atoms with E-state index in [1.54, 1.807) is 0 Å². The molecule has 1 rings (SSSR count). The zero-order chi connectivity index (χ0) is 13.1. The Morgan fingerprint density at radius 3 is 2.71 bits per heavy atom. The summed E-state index contributed by atoms with van der Waals surface area (Å²) in [5, 5.41) is 9.12.